The van der Waals surface area contributed by atoms with Gasteiger partial charge in [0, 0.05) is 39.9 Å². The Balaban J connectivity index is 0.00000336. The van der Waals surface area contributed by atoms with Crippen LogP contribution in [0.15, 0.2) is 22.3 Å². The molecule has 21 atom stereocenters. The van der Waals surface area contributed by atoms with Crippen LogP contribution in [0.4, 0.5) is 0 Å². The minimum atomic E-state index is -5.08. The van der Waals surface area contributed by atoms with Gasteiger partial charge in [0.2, 0.25) is 20.8 Å². The Hall–Kier alpha value is 0.940. The Morgan fingerprint density at radius 3 is 1.77 bits per heavy atom. The van der Waals surface area contributed by atoms with Crippen molar-refractivity contribution >= 4 is 20.8 Å². The third kappa shape index (κ3) is 8.69. The second kappa shape index (κ2) is 19.2. The first-order valence-electron chi connectivity index (χ1n) is 29.1. The van der Waals surface area contributed by atoms with Crippen LogP contribution in [0.3, 0.4) is 0 Å². The molecule has 0 aromatic rings. The van der Waals surface area contributed by atoms with Gasteiger partial charge in [0.25, 0.3) is 0 Å². The third-order valence-corrected chi connectivity index (χ3v) is 26.7. The number of hydrogen-bond acceptors (Lipinski definition) is 15. The monoisotopic (exact) mass is 1130 g/mol. The predicted octanol–water partition coefficient (Wildman–Crippen LogP) is 2.78. The maximum Gasteiger partial charge on any atom is 1.00 e. The zero-order valence-electron chi connectivity index (χ0n) is 48.6. The molecule has 10 fully saturated rings. The molecule has 6 saturated heterocycles. The third-order valence-electron chi connectivity index (χ3n) is 25.7. The van der Waals surface area contributed by atoms with E-state index in [-0.39, 0.29) is 124 Å². The van der Waals surface area contributed by atoms with E-state index >= 15 is 0 Å². The molecule has 2 unspecified atom stereocenters. The van der Waals surface area contributed by atoms with Gasteiger partial charge in [0.1, 0.15) is 6.10 Å². The van der Waals surface area contributed by atoms with E-state index in [1.165, 1.54) is 22.3 Å². The van der Waals surface area contributed by atoms with Crippen molar-refractivity contribution in [3.63, 3.8) is 0 Å². The number of hydrogen-bond donors (Lipinski definition) is 3. The summed E-state index contributed by atoms with van der Waals surface area (Å²) in [7, 11) is -10.1. The molecule has 14 aliphatic rings. The summed E-state index contributed by atoms with van der Waals surface area (Å²) in [6, 6.07) is 0. The van der Waals surface area contributed by atoms with Gasteiger partial charge in [-0.2, -0.15) is 0 Å². The van der Waals surface area contributed by atoms with Gasteiger partial charge in [-0.05, 0) is 176 Å². The molecular weight excluding hydrogens is 1050 g/mol. The molecule has 3 N–H and O–H groups in total. The van der Waals surface area contributed by atoms with Gasteiger partial charge in [-0.1, -0.05) is 77.7 Å². The molecule has 6 bridgehead atoms. The van der Waals surface area contributed by atoms with E-state index in [4.69, 9.17) is 27.3 Å². The minimum Gasteiger partial charge on any atom is -0.726 e. The van der Waals surface area contributed by atoms with Crippen LogP contribution in [0.25, 0.3) is 0 Å². The fourth-order valence-corrected chi connectivity index (χ4v) is 23.4. The maximum atomic E-state index is 12.5. The van der Waals surface area contributed by atoms with Crippen molar-refractivity contribution in [1.29, 1.82) is 0 Å². The number of ether oxygens (including phenoxy) is 4. The fraction of sp³-hybridized carbons (Fsp3) is 0.931. The maximum absolute atomic E-state index is 12.5. The largest absolute Gasteiger partial charge is 1.00 e. The van der Waals surface area contributed by atoms with E-state index < -0.39 is 83.9 Å². The van der Waals surface area contributed by atoms with Crippen molar-refractivity contribution in [3.05, 3.63) is 22.3 Å². The molecule has 0 amide bonds. The standard InChI is InChI=1S/C58H90O15S2.2Na/c1-31(36-13-15-38-35-26-44(72-75(65,66)67)48-50(5,6)58(61)45(59)28-56(48,30-69-58)41(35)19-20-52(36,38)9)12-17-46-54(11)27-33(51(7,8)73-54)24-42(70-46)32(2)37-14-16-39-34-25-43(71-74(62,63)64)47-49(3,4)57(60)23-22-55(47,29-68-57)40(34)18-21-53(37,39)10;;/h31-33,36-39,42-48,59-61H,12-30H2,1-11H3,(H,62,63,64)(H,65,66,67);;/q;2*+1/p-2/t31-,32+,33-,36-,37-,38+,39+,42-,43+,44+,45+,46+,47?,48?,52-,53-,54-,55+,56+,57-,58-;;/m1../s1. The van der Waals surface area contributed by atoms with E-state index in [9.17, 15) is 41.3 Å². The second-order valence-electron chi connectivity index (χ2n) is 29.7. The number of aliphatic hydroxyl groups is 3. The quantitative estimate of drug-likeness (QED) is 0.124. The molecule has 14 rings (SSSR count). The summed E-state index contributed by atoms with van der Waals surface area (Å²) < 4.78 is 113. The Morgan fingerprint density at radius 2 is 1.22 bits per heavy atom. The van der Waals surface area contributed by atoms with E-state index in [1.54, 1.807) is 13.8 Å². The average Bonchev–Trinajstić information content (AvgIpc) is 4.03. The summed E-state index contributed by atoms with van der Waals surface area (Å²) in [5.74, 6) is -2.20. The summed E-state index contributed by atoms with van der Waals surface area (Å²) in [6.07, 6.45) is 10.2. The molecule has 2 spiro atoms. The SMILES string of the molecule is C[C@@H]([C@H]1CC[C@H]2C3=C(CC[C@]12C)[C@]12CC[C@@](O)(OC1)C(C)(C)C2[C@@H](OS(=O)(=O)[O-])C3)[C@H]1C[C@@H]2C[C@@](C)(OC2(C)C)[C@H](CC[C@@H](C)[C@H]2CC[C@H]3C4=C(CC[C@]23C)[C@@]23CO[C@](O)([C@@H](O)C2)C(C)(C)C3[C@@H](OS(=O)(=O)[O-])C4)O1.[Na+].[Na+]. The predicted molar refractivity (Wildman–Crippen MR) is 273 cm³/mol. The van der Waals surface area contributed by atoms with Crippen molar-refractivity contribution in [2.24, 2.45) is 85.8 Å². The van der Waals surface area contributed by atoms with Crippen molar-refractivity contribution in [1.82, 2.24) is 0 Å². The normalized spacial score (nSPS) is 50.4. The van der Waals surface area contributed by atoms with Crippen LogP contribution in [-0.4, -0.2) is 108 Å². The number of aliphatic hydroxyl groups excluding tert-OH is 1. The van der Waals surface area contributed by atoms with Crippen LogP contribution in [0.2, 0.25) is 0 Å². The molecule has 0 aromatic carbocycles. The van der Waals surface area contributed by atoms with E-state index in [2.05, 4.69) is 48.5 Å². The zero-order valence-corrected chi connectivity index (χ0v) is 54.2. The van der Waals surface area contributed by atoms with Crippen molar-refractivity contribution in [2.75, 3.05) is 13.2 Å². The Labute approximate surface area is 504 Å². The van der Waals surface area contributed by atoms with E-state index in [0.717, 1.165) is 77.0 Å². The van der Waals surface area contributed by atoms with Crippen LogP contribution in [0, 0.1) is 85.8 Å². The van der Waals surface area contributed by atoms with Crippen LogP contribution in [0.1, 0.15) is 185 Å². The van der Waals surface area contributed by atoms with Gasteiger partial charge in [-0.15, -0.1) is 0 Å². The molecule has 4 saturated carbocycles. The van der Waals surface area contributed by atoms with Crippen LogP contribution < -0.4 is 59.1 Å². The molecule has 19 heteroatoms. The average molecular weight is 1140 g/mol. The van der Waals surface area contributed by atoms with Crippen molar-refractivity contribution < 1.29 is 128 Å². The summed E-state index contributed by atoms with van der Waals surface area (Å²) in [5, 5.41) is 35.0. The fourth-order valence-electron chi connectivity index (χ4n) is 22.4. The van der Waals surface area contributed by atoms with Crippen LogP contribution in [0.5, 0.6) is 0 Å². The Kier molecular flexibility index (Phi) is 15.2. The molecule has 0 radical (unpaired) electrons. The van der Waals surface area contributed by atoms with Gasteiger partial charge in [-0.3, -0.25) is 8.37 Å². The Bertz CT molecular complexity index is 2670. The Morgan fingerprint density at radius 1 is 0.688 bits per heavy atom. The van der Waals surface area contributed by atoms with Gasteiger partial charge in [-0.25, -0.2) is 16.8 Å². The first-order valence-corrected chi connectivity index (χ1v) is 31.8. The summed E-state index contributed by atoms with van der Waals surface area (Å²) >= 11 is 0. The first kappa shape index (κ1) is 61.0. The minimum absolute atomic E-state index is 0. The number of fused-ring (bicyclic) bond motifs is 10. The summed E-state index contributed by atoms with van der Waals surface area (Å²) in [6.45, 7) is 24.4. The summed E-state index contributed by atoms with van der Waals surface area (Å²) in [4.78, 5) is 0. The van der Waals surface area contributed by atoms with E-state index in [0.29, 0.717) is 56.0 Å². The molecule has 15 nitrogen and oxygen atoms in total. The van der Waals surface area contributed by atoms with Gasteiger partial charge in [0.15, 0.2) is 11.6 Å². The van der Waals surface area contributed by atoms with Crippen LogP contribution >= 0.6 is 0 Å². The van der Waals surface area contributed by atoms with Crippen molar-refractivity contribution in [2.45, 2.75) is 239 Å². The molecule has 0 aromatic heterocycles. The van der Waals surface area contributed by atoms with E-state index in [1.807, 2.05) is 13.8 Å². The molecule has 8 aliphatic carbocycles. The molecular formula is C58H88Na2O15S2. The molecule has 6 aliphatic heterocycles. The molecule has 424 valence electrons. The second-order valence-corrected chi connectivity index (χ2v) is 31.7. The van der Waals surface area contributed by atoms with Gasteiger partial charge in [0.05, 0.1) is 48.8 Å². The first-order chi connectivity index (χ1) is 34.6. The van der Waals surface area contributed by atoms with Crippen LogP contribution in [-0.2, 0) is 48.1 Å². The zero-order chi connectivity index (χ0) is 54.1. The van der Waals surface area contributed by atoms with Crippen molar-refractivity contribution in [3.8, 4) is 0 Å². The molecule has 77 heavy (non-hydrogen) atoms. The molecule has 6 heterocycles. The summed E-state index contributed by atoms with van der Waals surface area (Å²) in [5.41, 5.74) is 0.936. The topological polar surface area (TPSA) is 230 Å². The number of rotatable bonds is 10. The smallest absolute Gasteiger partial charge is 0.726 e. The van der Waals surface area contributed by atoms with Gasteiger partial charge >= 0.3 is 59.1 Å². The van der Waals surface area contributed by atoms with Gasteiger partial charge < -0.3 is 43.4 Å².